The highest BCUT2D eigenvalue weighted by atomic mass is 16.5. The lowest BCUT2D eigenvalue weighted by molar-refractivity contribution is -0.121. The van der Waals surface area contributed by atoms with Gasteiger partial charge in [-0.3, -0.25) is 14.6 Å². The van der Waals surface area contributed by atoms with Crippen LogP contribution in [0.1, 0.15) is 36.9 Å². The number of amides is 1. The van der Waals surface area contributed by atoms with Gasteiger partial charge >= 0.3 is 0 Å². The van der Waals surface area contributed by atoms with Crippen LogP contribution in [-0.2, 0) is 17.8 Å². The summed E-state index contributed by atoms with van der Waals surface area (Å²) in [6, 6.07) is 11.1. The van der Waals surface area contributed by atoms with Crippen LogP contribution >= 0.6 is 0 Å². The van der Waals surface area contributed by atoms with Crippen LogP contribution in [0, 0.1) is 5.92 Å². The second-order valence-electron chi connectivity index (χ2n) is 7.71. The highest BCUT2D eigenvalue weighted by molar-refractivity contribution is 5.76. The van der Waals surface area contributed by atoms with Gasteiger partial charge in [0, 0.05) is 37.3 Å². The van der Waals surface area contributed by atoms with Crippen LogP contribution in [0.3, 0.4) is 0 Å². The molecule has 3 aromatic rings. The number of H-pyrrole nitrogens is 1. The van der Waals surface area contributed by atoms with Crippen molar-refractivity contribution in [2.45, 2.75) is 38.6 Å². The maximum atomic E-state index is 12.4. The largest absolute Gasteiger partial charge is 0.493 e. The van der Waals surface area contributed by atoms with E-state index in [9.17, 15) is 9.59 Å². The fourth-order valence-electron chi connectivity index (χ4n) is 3.26. The van der Waals surface area contributed by atoms with Crippen molar-refractivity contribution < 1.29 is 9.53 Å². The summed E-state index contributed by atoms with van der Waals surface area (Å²) in [6.07, 6.45) is 7.52. The van der Waals surface area contributed by atoms with Gasteiger partial charge in [-0.15, -0.1) is 10.2 Å². The molecule has 0 unspecified atom stereocenters. The lowest BCUT2D eigenvalue weighted by Crippen LogP contribution is -2.25. The fourth-order valence-corrected chi connectivity index (χ4v) is 3.26. The minimum absolute atomic E-state index is 0.153. The SMILES string of the molecule is O=C(CCc1nnc(-c2ccc(OCC3CCC3)cc2)[nH]c1=O)NCc1ccncc1. The topological polar surface area (TPSA) is 110 Å². The number of carbonyl (C=O) groups is 1. The van der Waals surface area contributed by atoms with Crippen molar-refractivity contribution in [2.24, 2.45) is 5.92 Å². The summed E-state index contributed by atoms with van der Waals surface area (Å²) in [7, 11) is 0. The Balaban J connectivity index is 1.29. The molecule has 1 aliphatic rings. The lowest BCUT2D eigenvalue weighted by Gasteiger charge is -2.25. The maximum Gasteiger partial charge on any atom is 0.273 e. The van der Waals surface area contributed by atoms with Crippen LogP contribution < -0.4 is 15.6 Å². The van der Waals surface area contributed by atoms with Crippen molar-refractivity contribution in [1.29, 1.82) is 0 Å². The van der Waals surface area contributed by atoms with Crippen LogP contribution in [0.25, 0.3) is 11.4 Å². The third-order valence-electron chi connectivity index (χ3n) is 5.43. The van der Waals surface area contributed by atoms with Crippen LogP contribution in [0.4, 0.5) is 0 Å². The number of carbonyl (C=O) groups excluding carboxylic acids is 1. The van der Waals surface area contributed by atoms with Crippen LogP contribution in [0.15, 0.2) is 53.6 Å². The first-order chi connectivity index (χ1) is 15.2. The molecule has 8 nitrogen and oxygen atoms in total. The number of aromatic nitrogens is 4. The van der Waals surface area contributed by atoms with Crippen molar-refractivity contribution >= 4 is 5.91 Å². The molecule has 1 saturated carbocycles. The number of aryl methyl sites for hydroxylation is 1. The van der Waals surface area contributed by atoms with Gasteiger partial charge in [-0.25, -0.2) is 0 Å². The first kappa shape index (κ1) is 20.7. The summed E-state index contributed by atoms with van der Waals surface area (Å²) in [5.41, 5.74) is 1.62. The monoisotopic (exact) mass is 419 g/mol. The molecular weight excluding hydrogens is 394 g/mol. The minimum atomic E-state index is -0.336. The number of pyridine rings is 1. The van der Waals surface area contributed by atoms with Gasteiger partial charge in [-0.1, -0.05) is 6.42 Å². The van der Waals surface area contributed by atoms with E-state index in [1.807, 2.05) is 36.4 Å². The predicted molar refractivity (Wildman–Crippen MR) is 115 cm³/mol. The van der Waals surface area contributed by atoms with Crippen molar-refractivity contribution in [3.63, 3.8) is 0 Å². The molecule has 1 aromatic carbocycles. The Morgan fingerprint density at radius 2 is 1.87 bits per heavy atom. The number of ether oxygens (including phenoxy) is 1. The van der Waals surface area contributed by atoms with E-state index in [2.05, 4.69) is 25.5 Å². The zero-order valence-corrected chi connectivity index (χ0v) is 17.2. The molecule has 0 atom stereocenters. The first-order valence-corrected chi connectivity index (χ1v) is 10.5. The zero-order valence-electron chi connectivity index (χ0n) is 17.2. The van der Waals surface area contributed by atoms with Crippen molar-refractivity contribution in [1.82, 2.24) is 25.5 Å². The van der Waals surface area contributed by atoms with Gasteiger partial charge in [-0.2, -0.15) is 0 Å². The highest BCUT2D eigenvalue weighted by Gasteiger charge is 2.17. The highest BCUT2D eigenvalue weighted by Crippen LogP contribution is 2.27. The third kappa shape index (κ3) is 5.75. The fraction of sp³-hybridized carbons (Fsp3) is 0.348. The van der Waals surface area contributed by atoms with E-state index >= 15 is 0 Å². The number of nitrogens with one attached hydrogen (secondary N) is 2. The van der Waals surface area contributed by atoms with Crippen LogP contribution in [-0.4, -0.2) is 32.7 Å². The summed E-state index contributed by atoms with van der Waals surface area (Å²) in [5.74, 6) is 1.72. The molecule has 0 radical (unpaired) electrons. The average Bonchev–Trinajstić information content (AvgIpc) is 2.77. The Kier molecular flexibility index (Phi) is 6.66. The van der Waals surface area contributed by atoms with Crippen LogP contribution in [0.2, 0.25) is 0 Å². The normalized spacial score (nSPS) is 13.4. The van der Waals surface area contributed by atoms with Crippen molar-refractivity contribution in [3.8, 4) is 17.1 Å². The molecule has 0 saturated heterocycles. The molecular formula is C23H25N5O3. The maximum absolute atomic E-state index is 12.4. The van der Waals surface area contributed by atoms with Gasteiger partial charge in [0.1, 0.15) is 11.4 Å². The summed E-state index contributed by atoms with van der Waals surface area (Å²) in [6.45, 7) is 1.17. The summed E-state index contributed by atoms with van der Waals surface area (Å²) < 4.78 is 5.80. The second-order valence-corrected chi connectivity index (χ2v) is 7.71. The molecule has 2 heterocycles. The quantitative estimate of drug-likeness (QED) is 0.552. The van der Waals surface area contributed by atoms with E-state index in [1.54, 1.807) is 12.4 Å². The standard InChI is InChI=1S/C23H25N5O3/c29-21(25-14-16-10-12-24-13-11-16)9-8-20-23(30)26-22(28-27-20)18-4-6-19(7-5-18)31-15-17-2-1-3-17/h4-7,10-13,17H,1-3,8-9,14-15H2,(H,25,29)(H,26,28,30). The molecule has 31 heavy (non-hydrogen) atoms. The Hall–Kier alpha value is -3.55. The Bertz CT molecular complexity index is 1060. The Labute approximate surface area is 180 Å². The Morgan fingerprint density at radius 1 is 1.10 bits per heavy atom. The molecule has 0 aliphatic heterocycles. The molecule has 2 aromatic heterocycles. The summed E-state index contributed by atoms with van der Waals surface area (Å²) in [5, 5.41) is 11.0. The number of nitrogens with zero attached hydrogens (tertiary/aromatic N) is 3. The van der Waals surface area contributed by atoms with Crippen molar-refractivity contribution in [3.05, 3.63) is 70.4 Å². The molecule has 0 bridgehead atoms. The summed E-state index contributed by atoms with van der Waals surface area (Å²) >= 11 is 0. The van der Waals surface area contributed by atoms with E-state index in [-0.39, 0.29) is 30.0 Å². The van der Waals surface area contributed by atoms with Gasteiger partial charge in [0.05, 0.1) is 6.61 Å². The molecule has 4 rings (SSSR count). The number of benzene rings is 1. The zero-order chi connectivity index (χ0) is 21.5. The predicted octanol–water partition coefficient (Wildman–Crippen LogP) is 2.65. The molecule has 2 N–H and O–H groups in total. The van der Waals surface area contributed by atoms with E-state index in [0.29, 0.717) is 18.3 Å². The molecule has 1 fully saturated rings. The third-order valence-corrected chi connectivity index (χ3v) is 5.43. The molecule has 1 aliphatic carbocycles. The molecule has 160 valence electrons. The van der Waals surface area contributed by atoms with E-state index < -0.39 is 0 Å². The minimum Gasteiger partial charge on any atom is -0.493 e. The van der Waals surface area contributed by atoms with E-state index in [4.69, 9.17) is 4.74 Å². The molecule has 1 amide bonds. The Morgan fingerprint density at radius 3 is 2.55 bits per heavy atom. The second kappa shape index (κ2) is 9.97. The average molecular weight is 419 g/mol. The van der Waals surface area contributed by atoms with E-state index in [0.717, 1.165) is 23.5 Å². The number of rotatable bonds is 9. The lowest BCUT2D eigenvalue weighted by atomic mass is 9.86. The van der Waals surface area contributed by atoms with Crippen LogP contribution in [0.5, 0.6) is 5.75 Å². The van der Waals surface area contributed by atoms with Gasteiger partial charge in [0.15, 0.2) is 5.82 Å². The first-order valence-electron chi connectivity index (χ1n) is 10.5. The van der Waals surface area contributed by atoms with E-state index in [1.165, 1.54) is 19.3 Å². The molecule has 8 heteroatoms. The smallest absolute Gasteiger partial charge is 0.273 e. The van der Waals surface area contributed by atoms with Crippen molar-refractivity contribution in [2.75, 3.05) is 6.61 Å². The van der Waals surface area contributed by atoms with Gasteiger partial charge in [0.2, 0.25) is 5.91 Å². The number of hydrogen-bond donors (Lipinski definition) is 2. The number of aromatic amines is 1. The van der Waals surface area contributed by atoms with Gasteiger partial charge in [-0.05, 0) is 60.7 Å². The summed E-state index contributed by atoms with van der Waals surface area (Å²) in [4.78, 5) is 31.1. The van der Waals surface area contributed by atoms with Gasteiger partial charge < -0.3 is 15.0 Å². The number of hydrogen-bond acceptors (Lipinski definition) is 6. The van der Waals surface area contributed by atoms with Gasteiger partial charge in [0.25, 0.3) is 5.56 Å². The molecule has 0 spiro atoms.